The zero-order chi connectivity index (χ0) is 24.8. The molecule has 0 saturated carbocycles. The number of fused-ring (bicyclic) bond motifs is 1. The van der Waals surface area contributed by atoms with E-state index in [1.807, 2.05) is 72.8 Å². The van der Waals surface area contributed by atoms with Crippen LogP contribution in [0.15, 0.2) is 77.3 Å². The molecule has 0 aliphatic carbocycles. The maximum atomic E-state index is 13.3. The first-order chi connectivity index (χ1) is 17.0. The number of urea groups is 1. The van der Waals surface area contributed by atoms with Gasteiger partial charge in [0.25, 0.3) is 17.6 Å². The lowest BCUT2D eigenvalue weighted by Crippen LogP contribution is -2.44. The van der Waals surface area contributed by atoms with Crippen LogP contribution in [0.4, 0.5) is 4.79 Å². The summed E-state index contributed by atoms with van der Waals surface area (Å²) in [6.45, 7) is 0. The molecule has 0 saturated heterocycles. The van der Waals surface area contributed by atoms with Gasteiger partial charge in [-0.05, 0) is 28.3 Å². The van der Waals surface area contributed by atoms with Crippen molar-refractivity contribution >= 4 is 28.6 Å². The number of nitrogens with zero attached hydrogens (tertiary/aromatic N) is 3. The molecule has 1 unspecified atom stereocenters. The third-order valence-electron chi connectivity index (χ3n) is 5.69. The molecule has 4 amide bonds. The number of rotatable bonds is 8. The summed E-state index contributed by atoms with van der Waals surface area (Å²) >= 11 is 0. The van der Waals surface area contributed by atoms with E-state index in [0.717, 1.165) is 26.8 Å². The van der Waals surface area contributed by atoms with Gasteiger partial charge in [0.2, 0.25) is 5.91 Å². The summed E-state index contributed by atoms with van der Waals surface area (Å²) in [6.07, 6.45) is 0.655. The Morgan fingerprint density at radius 3 is 2.40 bits per heavy atom. The number of hydrogen-bond donors (Lipinski definition) is 2. The molecule has 0 aliphatic heterocycles. The summed E-state index contributed by atoms with van der Waals surface area (Å²) in [6, 6.07) is 21.3. The van der Waals surface area contributed by atoms with E-state index in [9.17, 15) is 14.4 Å². The van der Waals surface area contributed by atoms with Crippen LogP contribution in [0.25, 0.3) is 10.8 Å². The van der Waals surface area contributed by atoms with Crippen LogP contribution in [-0.2, 0) is 17.6 Å². The van der Waals surface area contributed by atoms with Crippen molar-refractivity contribution in [1.82, 2.24) is 20.4 Å². The van der Waals surface area contributed by atoms with Gasteiger partial charge in [-0.3, -0.25) is 14.5 Å². The van der Waals surface area contributed by atoms with Crippen LogP contribution in [0.2, 0.25) is 0 Å². The van der Waals surface area contributed by atoms with Gasteiger partial charge < -0.3 is 15.6 Å². The van der Waals surface area contributed by atoms with Gasteiger partial charge in [0, 0.05) is 19.9 Å². The van der Waals surface area contributed by atoms with Crippen LogP contribution >= 0.6 is 0 Å². The Kier molecular flexibility index (Phi) is 7.15. The van der Waals surface area contributed by atoms with E-state index >= 15 is 0 Å². The number of nitrogens with two attached hydrogens (primary N) is 1. The average molecular weight is 472 g/mol. The standard InChI is InChI=1S/C26H25N5O4/c1-28-24(33)23-29-25(35-30-23)21(16-17-7-3-2-4-8-17)31(26(27)34)22(32)14-12-18-11-13-19-9-5-6-10-20(19)15-18/h2-11,13,15,21H,12,14,16H2,1H3,(H2,27,34)(H,28,33). The number of benzene rings is 3. The number of carbonyl (C=O) groups excluding carboxylic acids is 3. The average Bonchev–Trinajstić information content (AvgIpc) is 3.37. The molecule has 9 nitrogen and oxygen atoms in total. The summed E-state index contributed by atoms with van der Waals surface area (Å²) in [4.78, 5) is 42.8. The molecule has 1 heterocycles. The Bertz CT molecular complexity index is 1350. The Labute approximate surface area is 201 Å². The molecule has 35 heavy (non-hydrogen) atoms. The summed E-state index contributed by atoms with van der Waals surface area (Å²) in [5, 5.41) is 8.27. The van der Waals surface area contributed by atoms with Crippen molar-refractivity contribution in [1.29, 1.82) is 0 Å². The molecular weight excluding hydrogens is 446 g/mol. The normalized spacial score (nSPS) is 11.7. The van der Waals surface area contributed by atoms with Crippen molar-refractivity contribution in [2.45, 2.75) is 25.3 Å². The van der Waals surface area contributed by atoms with Gasteiger partial charge in [0.15, 0.2) is 0 Å². The maximum Gasteiger partial charge on any atom is 0.322 e. The molecule has 0 aliphatic rings. The van der Waals surface area contributed by atoms with E-state index in [2.05, 4.69) is 15.5 Å². The van der Waals surface area contributed by atoms with Gasteiger partial charge in [-0.1, -0.05) is 78.0 Å². The van der Waals surface area contributed by atoms with E-state index in [1.54, 1.807) is 0 Å². The molecule has 4 rings (SSSR count). The lowest BCUT2D eigenvalue weighted by Gasteiger charge is -2.26. The zero-order valence-corrected chi connectivity index (χ0v) is 19.2. The Morgan fingerprint density at radius 2 is 1.69 bits per heavy atom. The summed E-state index contributed by atoms with van der Waals surface area (Å²) in [7, 11) is 1.44. The molecule has 3 aromatic carbocycles. The Balaban J connectivity index is 1.60. The first-order valence-electron chi connectivity index (χ1n) is 11.1. The maximum absolute atomic E-state index is 13.3. The minimum atomic E-state index is -0.968. The number of imide groups is 1. The van der Waals surface area contributed by atoms with Crippen molar-refractivity contribution in [3.8, 4) is 0 Å². The fraction of sp³-hybridized carbons (Fsp3) is 0.192. The number of primary amides is 1. The van der Waals surface area contributed by atoms with Crippen molar-refractivity contribution in [2.24, 2.45) is 5.73 Å². The first kappa shape index (κ1) is 23.6. The molecule has 0 spiro atoms. The van der Waals surface area contributed by atoms with Crippen molar-refractivity contribution in [3.05, 3.63) is 95.6 Å². The van der Waals surface area contributed by atoms with Crippen LogP contribution in [0.3, 0.4) is 0 Å². The fourth-order valence-electron chi connectivity index (χ4n) is 3.92. The van der Waals surface area contributed by atoms with Gasteiger partial charge in [0.1, 0.15) is 6.04 Å². The third-order valence-corrected chi connectivity index (χ3v) is 5.69. The van der Waals surface area contributed by atoms with E-state index in [1.165, 1.54) is 7.05 Å². The lowest BCUT2D eigenvalue weighted by atomic mass is 10.0. The van der Waals surface area contributed by atoms with E-state index in [4.69, 9.17) is 10.3 Å². The smallest absolute Gasteiger partial charge is 0.322 e. The highest BCUT2D eigenvalue weighted by atomic mass is 16.5. The number of aryl methyl sites for hydroxylation is 1. The van der Waals surface area contributed by atoms with Crippen LogP contribution in [0.1, 0.15) is 40.1 Å². The molecule has 3 N–H and O–H groups in total. The summed E-state index contributed by atoms with van der Waals surface area (Å²) in [5.41, 5.74) is 7.45. The minimum absolute atomic E-state index is 0.0447. The molecule has 1 atom stereocenters. The Hall–Kier alpha value is -4.53. The number of carbonyl (C=O) groups is 3. The SMILES string of the molecule is CNC(=O)c1noc(C(Cc2ccccc2)N(C(N)=O)C(=O)CCc2ccc3ccccc3c2)n1. The highest BCUT2D eigenvalue weighted by molar-refractivity contribution is 5.94. The second-order valence-corrected chi connectivity index (χ2v) is 8.02. The van der Waals surface area contributed by atoms with Crippen LogP contribution in [-0.4, -0.2) is 39.9 Å². The number of hydrogen-bond acceptors (Lipinski definition) is 6. The lowest BCUT2D eigenvalue weighted by molar-refractivity contribution is -0.130. The topological polar surface area (TPSA) is 131 Å². The van der Waals surface area contributed by atoms with Gasteiger partial charge in [-0.25, -0.2) is 4.79 Å². The van der Waals surface area contributed by atoms with E-state index in [-0.39, 0.29) is 24.6 Å². The minimum Gasteiger partial charge on any atom is -0.352 e. The second-order valence-electron chi connectivity index (χ2n) is 8.02. The van der Waals surface area contributed by atoms with Gasteiger partial charge >= 0.3 is 6.03 Å². The quantitative estimate of drug-likeness (QED) is 0.405. The first-order valence-corrected chi connectivity index (χ1v) is 11.1. The Morgan fingerprint density at radius 1 is 0.971 bits per heavy atom. The van der Waals surface area contributed by atoms with Crippen molar-refractivity contribution in [3.63, 3.8) is 0 Å². The van der Waals surface area contributed by atoms with Crippen LogP contribution in [0, 0.1) is 0 Å². The van der Waals surface area contributed by atoms with E-state index in [0.29, 0.717) is 6.42 Å². The predicted molar refractivity (Wildman–Crippen MR) is 129 cm³/mol. The molecular formula is C26H25N5O4. The fourth-order valence-corrected chi connectivity index (χ4v) is 3.92. The summed E-state index contributed by atoms with van der Waals surface area (Å²) in [5.74, 6) is -1.28. The van der Waals surface area contributed by atoms with E-state index < -0.39 is 23.9 Å². The highest BCUT2D eigenvalue weighted by Crippen LogP contribution is 2.26. The number of aromatic nitrogens is 2. The van der Waals surface area contributed by atoms with Crippen LogP contribution in [0.5, 0.6) is 0 Å². The van der Waals surface area contributed by atoms with Gasteiger partial charge in [-0.2, -0.15) is 4.98 Å². The molecule has 178 valence electrons. The van der Waals surface area contributed by atoms with Gasteiger partial charge in [-0.15, -0.1) is 0 Å². The predicted octanol–water partition coefficient (Wildman–Crippen LogP) is 3.41. The molecule has 0 bridgehead atoms. The van der Waals surface area contributed by atoms with Crippen molar-refractivity contribution < 1.29 is 18.9 Å². The summed E-state index contributed by atoms with van der Waals surface area (Å²) < 4.78 is 5.29. The number of amides is 4. The second kappa shape index (κ2) is 10.6. The molecule has 9 heteroatoms. The highest BCUT2D eigenvalue weighted by Gasteiger charge is 2.34. The largest absolute Gasteiger partial charge is 0.352 e. The molecule has 0 fully saturated rings. The third kappa shape index (κ3) is 5.52. The molecule has 1 aromatic heterocycles. The van der Waals surface area contributed by atoms with Crippen LogP contribution < -0.4 is 11.1 Å². The monoisotopic (exact) mass is 471 g/mol. The van der Waals surface area contributed by atoms with Gasteiger partial charge in [0.05, 0.1) is 0 Å². The zero-order valence-electron chi connectivity index (χ0n) is 19.2. The van der Waals surface area contributed by atoms with Crippen molar-refractivity contribution in [2.75, 3.05) is 7.05 Å². The molecule has 4 aromatic rings. The number of nitrogens with one attached hydrogen (secondary N) is 1. The molecule has 0 radical (unpaired) electrons.